The Hall–Kier alpha value is -3.67. The zero-order valence-electron chi connectivity index (χ0n) is 19.4. The van der Waals surface area contributed by atoms with Crippen molar-refractivity contribution < 1.29 is 9.59 Å². The minimum Gasteiger partial charge on any atom is -0.378 e. The van der Waals surface area contributed by atoms with Crippen molar-refractivity contribution in [2.45, 2.75) is 19.4 Å². The summed E-state index contributed by atoms with van der Waals surface area (Å²) < 4.78 is 0. The topological polar surface area (TPSA) is 56.8 Å². The Morgan fingerprint density at radius 1 is 1.00 bits per heavy atom. The molecule has 1 aliphatic rings. The van der Waals surface area contributed by atoms with Crippen molar-refractivity contribution in [1.82, 2.24) is 14.8 Å². The zero-order valence-corrected chi connectivity index (χ0v) is 19.4. The second-order valence-electron chi connectivity index (χ2n) is 8.51. The molecule has 0 N–H and O–H groups in total. The lowest BCUT2D eigenvalue weighted by Crippen LogP contribution is -2.59. The van der Waals surface area contributed by atoms with Crippen molar-refractivity contribution in [3.63, 3.8) is 0 Å². The number of rotatable bonds is 6. The summed E-state index contributed by atoms with van der Waals surface area (Å²) in [6.07, 6.45) is 4.04. The van der Waals surface area contributed by atoms with E-state index in [1.54, 1.807) is 17.3 Å². The molecule has 2 heterocycles. The molecule has 6 nitrogen and oxygen atoms in total. The molecule has 1 aliphatic heterocycles. The van der Waals surface area contributed by atoms with E-state index in [4.69, 9.17) is 0 Å². The number of aromatic nitrogens is 1. The van der Waals surface area contributed by atoms with Gasteiger partial charge in [0.05, 0.1) is 0 Å². The lowest BCUT2D eigenvalue weighted by atomic mass is 9.97. The molecule has 0 aliphatic carbocycles. The molecular formula is C27H30N4O2. The van der Waals surface area contributed by atoms with Crippen molar-refractivity contribution in [2.75, 3.05) is 38.6 Å². The maximum atomic E-state index is 13.5. The molecule has 1 fully saturated rings. The Labute approximate surface area is 195 Å². The quantitative estimate of drug-likeness (QED) is 0.584. The van der Waals surface area contributed by atoms with Crippen LogP contribution in [0.2, 0.25) is 0 Å². The van der Waals surface area contributed by atoms with E-state index in [-0.39, 0.29) is 11.8 Å². The molecule has 0 unspecified atom stereocenters. The van der Waals surface area contributed by atoms with Gasteiger partial charge in [0.2, 0.25) is 5.91 Å². The van der Waals surface area contributed by atoms with Gasteiger partial charge in [-0.15, -0.1) is 0 Å². The lowest BCUT2D eigenvalue weighted by molar-refractivity contribution is -0.139. The van der Waals surface area contributed by atoms with Crippen LogP contribution in [0.15, 0.2) is 73.1 Å². The number of pyridine rings is 1. The standard InChI is InChI=1S/C27H30N4O2/c1-4-30-16-17-31(26(32)23-6-5-7-24(19-23)29(2)3)25(27(30)33)18-20-8-10-21(11-9-20)22-12-14-28-15-13-22/h5-15,19,25H,4,16-18H2,1-3H3/t25-/m0/s1. The number of hydrogen-bond donors (Lipinski definition) is 0. The van der Waals surface area contributed by atoms with Crippen LogP contribution in [-0.2, 0) is 11.2 Å². The van der Waals surface area contributed by atoms with Gasteiger partial charge in [0.15, 0.2) is 0 Å². The number of hydrogen-bond acceptors (Lipinski definition) is 4. The van der Waals surface area contributed by atoms with Gasteiger partial charge >= 0.3 is 0 Å². The third kappa shape index (κ3) is 4.90. The predicted molar refractivity (Wildman–Crippen MR) is 131 cm³/mol. The van der Waals surface area contributed by atoms with E-state index in [9.17, 15) is 9.59 Å². The summed E-state index contributed by atoms with van der Waals surface area (Å²) in [5.41, 5.74) is 4.79. The number of piperazine rings is 1. The van der Waals surface area contributed by atoms with E-state index in [1.165, 1.54) is 0 Å². The molecule has 3 aromatic rings. The first-order valence-corrected chi connectivity index (χ1v) is 11.3. The Morgan fingerprint density at radius 2 is 1.70 bits per heavy atom. The Kier molecular flexibility index (Phi) is 6.73. The fraction of sp³-hybridized carbons (Fsp3) is 0.296. The van der Waals surface area contributed by atoms with Crippen LogP contribution in [0.25, 0.3) is 11.1 Å². The van der Waals surface area contributed by atoms with E-state index >= 15 is 0 Å². The molecule has 0 spiro atoms. The van der Waals surface area contributed by atoms with E-state index in [1.807, 2.05) is 79.3 Å². The number of amides is 2. The highest BCUT2D eigenvalue weighted by Crippen LogP contribution is 2.23. The molecule has 2 aromatic carbocycles. The van der Waals surface area contributed by atoms with Crippen LogP contribution in [0.4, 0.5) is 5.69 Å². The van der Waals surface area contributed by atoms with Crippen molar-refractivity contribution >= 4 is 17.5 Å². The highest BCUT2D eigenvalue weighted by Gasteiger charge is 2.37. The van der Waals surface area contributed by atoms with E-state index < -0.39 is 6.04 Å². The minimum absolute atomic E-state index is 0.0130. The summed E-state index contributed by atoms with van der Waals surface area (Å²) in [4.78, 5) is 36.4. The fourth-order valence-corrected chi connectivity index (χ4v) is 4.28. The molecule has 0 radical (unpaired) electrons. The van der Waals surface area contributed by atoms with Crippen molar-refractivity contribution in [1.29, 1.82) is 0 Å². The van der Waals surface area contributed by atoms with E-state index in [0.29, 0.717) is 31.6 Å². The smallest absolute Gasteiger partial charge is 0.254 e. The molecule has 1 atom stereocenters. The van der Waals surface area contributed by atoms with Gasteiger partial charge in [-0.25, -0.2) is 0 Å². The summed E-state index contributed by atoms with van der Waals surface area (Å²) in [5.74, 6) is -0.0831. The zero-order chi connectivity index (χ0) is 23.4. The van der Waals surface area contributed by atoms with Crippen LogP contribution in [0.1, 0.15) is 22.8 Å². The van der Waals surface area contributed by atoms with E-state index in [2.05, 4.69) is 17.1 Å². The molecular weight excluding hydrogens is 412 g/mol. The van der Waals surface area contributed by atoms with Crippen molar-refractivity contribution in [3.05, 3.63) is 84.2 Å². The monoisotopic (exact) mass is 442 g/mol. The largest absolute Gasteiger partial charge is 0.378 e. The van der Waals surface area contributed by atoms with Gasteiger partial charge in [-0.05, 0) is 53.9 Å². The number of carbonyl (C=O) groups is 2. The maximum absolute atomic E-state index is 13.5. The van der Waals surface area contributed by atoms with Crippen molar-refractivity contribution in [2.24, 2.45) is 0 Å². The minimum atomic E-state index is -0.513. The second kappa shape index (κ2) is 9.86. The van der Waals surface area contributed by atoms with Crippen LogP contribution >= 0.6 is 0 Å². The number of benzene rings is 2. The number of anilines is 1. The second-order valence-corrected chi connectivity index (χ2v) is 8.51. The molecule has 2 amide bonds. The Bertz CT molecular complexity index is 1110. The normalized spacial score (nSPS) is 16.1. The summed E-state index contributed by atoms with van der Waals surface area (Å²) in [6, 6.07) is 19.2. The number of nitrogens with zero attached hydrogens (tertiary/aromatic N) is 4. The Balaban J connectivity index is 1.59. The molecule has 1 saturated heterocycles. The molecule has 170 valence electrons. The highest BCUT2D eigenvalue weighted by molar-refractivity contribution is 5.99. The number of carbonyl (C=O) groups excluding carboxylic acids is 2. The van der Waals surface area contributed by atoms with Gasteiger partial charge in [-0.2, -0.15) is 0 Å². The summed E-state index contributed by atoms with van der Waals surface area (Å²) in [5, 5.41) is 0. The first kappa shape index (κ1) is 22.5. The fourth-order valence-electron chi connectivity index (χ4n) is 4.28. The van der Waals surface area contributed by atoms with Gasteiger partial charge in [-0.1, -0.05) is 30.3 Å². The SMILES string of the molecule is CCN1CCN(C(=O)c2cccc(N(C)C)c2)[C@@H](Cc2ccc(-c3ccncc3)cc2)C1=O. The molecule has 0 saturated carbocycles. The van der Waals surface area contributed by atoms with Gasteiger partial charge in [0.1, 0.15) is 6.04 Å². The van der Waals surface area contributed by atoms with Crippen LogP contribution in [0.5, 0.6) is 0 Å². The molecule has 1 aromatic heterocycles. The molecule has 33 heavy (non-hydrogen) atoms. The predicted octanol–water partition coefficient (Wildman–Crippen LogP) is 3.73. The van der Waals surface area contributed by atoms with Crippen LogP contribution in [0, 0.1) is 0 Å². The van der Waals surface area contributed by atoms with Gasteiger partial charge in [-0.3, -0.25) is 14.6 Å². The average molecular weight is 443 g/mol. The van der Waals surface area contributed by atoms with Crippen molar-refractivity contribution in [3.8, 4) is 11.1 Å². The number of likely N-dealkylation sites (N-methyl/N-ethyl adjacent to an activating group) is 1. The lowest BCUT2D eigenvalue weighted by Gasteiger charge is -2.40. The first-order valence-electron chi connectivity index (χ1n) is 11.3. The molecule has 4 rings (SSSR count). The summed E-state index contributed by atoms with van der Waals surface area (Å²) >= 11 is 0. The maximum Gasteiger partial charge on any atom is 0.254 e. The Morgan fingerprint density at radius 3 is 2.36 bits per heavy atom. The van der Waals surface area contributed by atoms with Gasteiger partial charge in [0, 0.05) is 63.8 Å². The first-order chi connectivity index (χ1) is 16.0. The van der Waals surface area contributed by atoms with Gasteiger partial charge in [0.25, 0.3) is 5.91 Å². The van der Waals surface area contributed by atoms with E-state index in [0.717, 1.165) is 22.4 Å². The third-order valence-corrected chi connectivity index (χ3v) is 6.23. The van der Waals surface area contributed by atoms with Crippen LogP contribution < -0.4 is 4.90 Å². The van der Waals surface area contributed by atoms with Gasteiger partial charge < -0.3 is 14.7 Å². The average Bonchev–Trinajstić information content (AvgIpc) is 2.86. The van der Waals surface area contributed by atoms with Crippen LogP contribution in [-0.4, -0.2) is 66.4 Å². The highest BCUT2D eigenvalue weighted by atomic mass is 16.2. The molecule has 0 bridgehead atoms. The molecule has 6 heteroatoms. The summed E-state index contributed by atoms with van der Waals surface area (Å²) in [6.45, 7) is 3.72. The third-order valence-electron chi connectivity index (χ3n) is 6.23. The summed E-state index contributed by atoms with van der Waals surface area (Å²) in [7, 11) is 3.90. The van der Waals surface area contributed by atoms with Crippen LogP contribution in [0.3, 0.4) is 0 Å².